The Morgan fingerprint density at radius 2 is 1.63 bits per heavy atom. The van der Waals surface area contributed by atoms with Gasteiger partial charge in [0.1, 0.15) is 0 Å². The van der Waals surface area contributed by atoms with Gasteiger partial charge in [0.05, 0.1) is 0 Å². The van der Waals surface area contributed by atoms with Gasteiger partial charge < -0.3 is 9.55 Å². The molecule has 0 spiro atoms. The molecule has 1 N–H and O–H groups in total. The Morgan fingerprint density at radius 3 is 2.44 bits per heavy atom. The standard InChI is InChI=1S/C23H20N2OSi/c1-25-16-22(20-12-5-6-13-21(20)23(25)26)18-10-7-11-19(14-18)27-24-15-17-8-3-2-4-9-17/h2-14,16,24H,15H2,1H3. The number of aromatic nitrogens is 1. The highest BCUT2D eigenvalue weighted by Gasteiger charge is 2.09. The highest BCUT2D eigenvalue weighted by Crippen LogP contribution is 2.25. The number of fused-ring (bicyclic) bond motifs is 1. The first-order chi connectivity index (χ1) is 13.2. The molecule has 3 nitrogen and oxygen atoms in total. The van der Waals surface area contributed by atoms with Gasteiger partial charge in [-0.1, -0.05) is 72.8 Å². The lowest BCUT2D eigenvalue weighted by Gasteiger charge is -2.11. The molecule has 0 unspecified atom stereocenters. The summed E-state index contributed by atoms with van der Waals surface area (Å²) in [4.78, 5) is 15.9. The summed E-state index contributed by atoms with van der Waals surface area (Å²) in [6.07, 6.45) is 1.93. The van der Waals surface area contributed by atoms with Gasteiger partial charge in [-0.25, -0.2) is 0 Å². The van der Waals surface area contributed by atoms with Crippen molar-refractivity contribution in [1.82, 2.24) is 9.55 Å². The second-order valence-electron chi connectivity index (χ2n) is 6.55. The van der Waals surface area contributed by atoms with Crippen molar-refractivity contribution in [3.8, 4) is 11.1 Å². The van der Waals surface area contributed by atoms with Crippen molar-refractivity contribution in [3.63, 3.8) is 0 Å². The van der Waals surface area contributed by atoms with Crippen LogP contribution in [0, 0.1) is 0 Å². The van der Waals surface area contributed by atoms with Crippen molar-refractivity contribution >= 4 is 25.6 Å². The van der Waals surface area contributed by atoms with Gasteiger partial charge in [-0.15, -0.1) is 0 Å². The van der Waals surface area contributed by atoms with E-state index in [1.165, 1.54) is 10.8 Å². The van der Waals surface area contributed by atoms with Crippen LogP contribution in [0.25, 0.3) is 21.9 Å². The van der Waals surface area contributed by atoms with E-state index in [1.807, 2.05) is 43.6 Å². The molecule has 1 heterocycles. The lowest BCUT2D eigenvalue weighted by Crippen LogP contribution is -2.29. The van der Waals surface area contributed by atoms with Crippen molar-refractivity contribution in [2.75, 3.05) is 0 Å². The summed E-state index contributed by atoms with van der Waals surface area (Å²) in [5.74, 6) is 0. The lowest BCUT2D eigenvalue weighted by molar-refractivity contribution is 0.875. The van der Waals surface area contributed by atoms with Gasteiger partial charge in [-0.05, 0) is 27.8 Å². The Hall–Kier alpha value is -2.95. The maximum Gasteiger partial charge on any atom is 0.258 e. The fourth-order valence-corrected chi connectivity index (χ4v) is 4.16. The number of benzene rings is 3. The van der Waals surface area contributed by atoms with E-state index in [0.29, 0.717) is 9.68 Å². The zero-order chi connectivity index (χ0) is 18.6. The van der Waals surface area contributed by atoms with E-state index in [9.17, 15) is 4.79 Å². The molecule has 0 amide bonds. The van der Waals surface area contributed by atoms with Crippen LogP contribution in [0.5, 0.6) is 0 Å². The summed E-state index contributed by atoms with van der Waals surface area (Å²) < 4.78 is 1.67. The number of rotatable bonds is 5. The number of pyridine rings is 1. The summed E-state index contributed by atoms with van der Waals surface area (Å²) in [5.41, 5.74) is 3.54. The number of aryl methyl sites for hydroxylation is 1. The maximum absolute atomic E-state index is 12.4. The molecule has 3 aromatic carbocycles. The molecule has 0 bridgehead atoms. The molecular weight excluding hydrogens is 348 g/mol. The van der Waals surface area contributed by atoms with Crippen LogP contribution in [0.2, 0.25) is 0 Å². The van der Waals surface area contributed by atoms with E-state index >= 15 is 0 Å². The lowest BCUT2D eigenvalue weighted by atomic mass is 10.0. The van der Waals surface area contributed by atoms with Crippen molar-refractivity contribution < 1.29 is 0 Å². The minimum absolute atomic E-state index is 0.0388. The number of hydrogen-bond donors (Lipinski definition) is 1. The highest BCUT2D eigenvalue weighted by atomic mass is 28.2. The Bertz CT molecular complexity index is 1140. The molecule has 2 radical (unpaired) electrons. The van der Waals surface area contributed by atoms with E-state index in [2.05, 4.69) is 53.5 Å². The molecule has 0 atom stereocenters. The van der Waals surface area contributed by atoms with E-state index in [-0.39, 0.29) is 5.56 Å². The molecule has 27 heavy (non-hydrogen) atoms. The minimum Gasteiger partial charge on any atom is -0.331 e. The van der Waals surface area contributed by atoms with Gasteiger partial charge in [0.15, 0.2) is 9.68 Å². The average molecular weight is 369 g/mol. The Kier molecular flexibility index (Phi) is 5.00. The van der Waals surface area contributed by atoms with Gasteiger partial charge in [0.25, 0.3) is 5.56 Å². The predicted octanol–water partition coefficient (Wildman–Crippen LogP) is 3.24. The zero-order valence-corrected chi connectivity index (χ0v) is 16.1. The molecule has 0 fully saturated rings. The molecule has 1 aromatic heterocycles. The van der Waals surface area contributed by atoms with Crippen LogP contribution < -0.4 is 15.7 Å². The van der Waals surface area contributed by atoms with Crippen LogP contribution in [0.1, 0.15) is 5.56 Å². The molecule has 4 aromatic rings. The molecule has 0 aliphatic rings. The summed E-state index contributed by atoms with van der Waals surface area (Å²) in [5, 5.41) is 3.01. The molecule has 0 saturated heterocycles. The first-order valence-electron chi connectivity index (χ1n) is 8.94. The van der Waals surface area contributed by atoms with Gasteiger partial charge in [-0.3, -0.25) is 4.79 Å². The van der Waals surface area contributed by atoms with Gasteiger partial charge in [0, 0.05) is 30.7 Å². The second kappa shape index (κ2) is 7.74. The third-order valence-corrected chi connectivity index (χ3v) is 5.59. The third-order valence-electron chi connectivity index (χ3n) is 4.63. The van der Waals surface area contributed by atoms with Crippen LogP contribution in [-0.4, -0.2) is 14.2 Å². The average Bonchev–Trinajstić information content (AvgIpc) is 2.72. The van der Waals surface area contributed by atoms with Crippen LogP contribution in [-0.2, 0) is 13.6 Å². The van der Waals surface area contributed by atoms with Crippen molar-refractivity contribution in [3.05, 3.63) is 101 Å². The number of nitrogens with one attached hydrogen (secondary N) is 1. The third kappa shape index (κ3) is 3.77. The van der Waals surface area contributed by atoms with Gasteiger partial charge in [-0.2, -0.15) is 0 Å². The summed E-state index contributed by atoms with van der Waals surface area (Å²) in [6, 6.07) is 26.8. The largest absolute Gasteiger partial charge is 0.331 e. The van der Waals surface area contributed by atoms with Crippen molar-refractivity contribution in [2.24, 2.45) is 7.05 Å². The first kappa shape index (κ1) is 17.5. The predicted molar refractivity (Wildman–Crippen MR) is 113 cm³/mol. The van der Waals surface area contributed by atoms with E-state index in [4.69, 9.17) is 0 Å². The van der Waals surface area contributed by atoms with E-state index < -0.39 is 0 Å². The quantitative estimate of drug-likeness (QED) is 0.549. The topological polar surface area (TPSA) is 34.0 Å². The summed E-state index contributed by atoms with van der Waals surface area (Å²) in [7, 11) is 2.34. The first-order valence-corrected chi connectivity index (χ1v) is 9.94. The fourth-order valence-electron chi connectivity index (χ4n) is 3.25. The van der Waals surface area contributed by atoms with Crippen LogP contribution >= 0.6 is 0 Å². The SMILES string of the molecule is Cn1cc(-c2cccc([Si]NCc3ccccc3)c2)c2ccccc2c1=O. The summed E-state index contributed by atoms with van der Waals surface area (Å²) >= 11 is 0. The fraction of sp³-hybridized carbons (Fsp3) is 0.0870. The molecular formula is C23H20N2OSi. The Labute approximate surface area is 161 Å². The monoisotopic (exact) mass is 368 g/mol. The molecule has 0 aliphatic heterocycles. The minimum atomic E-state index is 0.0388. The highest BCUT2D eigenvalue weighted by molar-refractivity contribution is 6.50. The van der Waals surface area contributed by atoms with Crippen LogP contribution in [0.15, 0.2) is 89.9 Å². The van der Waals surface area contributed by atoms with E-state index in [1.54, 1.807) is 4.57 Å². The van der Waals surface area contributed by atoms with Crippen LogP contribution in [0.4, 0.5) is 0 Å². The Balaban J connectivity index is 1.62. The zero-order valence-electron chi connectivity index (χ0n) is 15.1. The normalized spacial score (nSPS) is 11.0. The Morgan fingerprint density at radius 1 is 0.889 bits per heavy atom. The summed E-state index contributed by atoms with van der Waals surface area (Å²) in [6.45, 7) is 0.853. The number of hydrogen-bond acceptors (Lipinski definition) is 2. The molecule has 4 rings (SSSR count). The number of nitrogens with zero attached hydrogens (tertiary/aromatic N) is 1. The van der Waals surface area contributed by atoms with Gasteiger partial charge in [0.2, 0.25) is 0 Å². The maximum atomic E-state index is 12.4. The molecule has 4 heteroatoms. The molecule has 0 aliphatic carbocycles. The van der Waals surface area contributed by atoms with Crippen molar-refractivity contribution in [2.45, 2.75) is 6.54 Å². The van der Waals surface area contributed by atoms with Gasteiger partial charge >= 0.3 is 0 Å². The molecule has 0 saturated carbocycles. The van der Waals surface area contributed by atoms with Crippen LogP contribution in [0.3, 0.4) is 0 Å². The smallest absolute Gasteiger partial charge is 0.258 e. The van der Waals surface area contributed by atoms with E-state index in [0.717, 1.165) is 28.4 Å². The molecule has 132 valence electrons. The van der Waals surface area contributed by atoms with Crippen molar-refractivity contribution in [1.29, 1.82) is 0 Å². The second-order valence-corrected chi connectivity index (χ2v) is 7.73.